The molecule has 0 saturated carbocycles. The molecule has 0 aliphatic carbocycles. The van der Waals surface area contributed by atoms with Crippen LogP contribution in [0.25, 0.3) is 0 Å². The van der Waals surface area contributed by atoms with Crippen LogP contribution < -0.4 is 9.47 Å². The maximum atomic E-state index is 9.58. The SMILES string of the molecule is CCOc1cc(CN(CC(C)O)C(C)C)ccc1OC. The molecule has 0 aliphatic rings. The number of methoxy groups -OCH3 is 1. The van der Waals surface area contributed by atoms with Gasteiger partial charge >= 0.3 is 0 Å². The van der Waals surface area contributed by atoms with Crippen molar-refractivity contribution in [3.05, 3.63) is 23.8 Å². The van der Waals surface area contributed by atoms with E-state index in [0.29, 0.717) is 19.2 Å². The second-order valence-corrected chi connectivity index (χ2v) is 5.29. The first-order chi connectivity index (χ1) is 9.47. The number of ether oxygens (including phenoxy) is 2. The van der Waals surface area contributed by atoms with Gasteiger partial charge in [-0.05, 0) is 45.4 Å². The summed E-state index contributed by atoms with van der Waals surface area (Å²) in [5.41, 5.74) is 1.16. The molecule has 0 bridgehead atoms. The molecule has 0 saturated heterocycles. The number of aliphatic hydroxyl groups is 1. The lowest BCUT2D eigenvalue weighted by molar-refractivity contribution is 0.103. The Morgan fingerprint density at radius 2 is 1.90 bits per heavy atom. The smallest absolute Gasteiger partial charge is 0.161 e. The fraction of sp³-hybridized carbons (Fsp3) is 0.625. The van der Waals surface area contributed by atoms with E-state index in [9.17, 15) is 5.11 Å². The third-order valence-corrected chi connectivity index (χ3v) is 3.14. The van der Waals surface area contributed by atoms with E-state index in [1.54, 1.807) is 7.11 Å². The number of aliphatic hydroxyl groups excluding tert-OH is 1. The molecule has 1 unspecified atom stereocenters. The van der Waals surface area contributed by atoms with E-state index in [1.165, 1.54) is 0 Å². The fourth-order valence-electron chi connectivity index (χ4n) is 2.12. The fourth-order valence-corrected chi connectivity index (χ4v) is 2.12. The minimum atomic E-state index is -0.331. The molecule has 0 heterocycles. The summed E-state index contributed by atoms with van der Waals surface area (Å²) < 4.78 is 10.9. The highest BCUT2D eigenvalue weighted by Crippen LogP contribution is 2.28. The molecule has 1 aromatic carbocycles. The van der Waals surface area contributed by atoms with E-state index in [2.05, 4.69) is 18.7 Å². The molecule has 114 valence electrons. The molecule has 1 aromatic rings. The van der Waals surface area contributed by atoms with Crippen LogP contribution in [0.1, 0.15) is 33.3 Å². The molecule has 0 amide bonds. The summed E-state index contributed by atoms with van der Waals surface area (Å²) in [6.45, 7) is 10.1. The molecule has 0 spiro atoms. The average molecular weight is 281 g/mol. The van der Waals surface area contributed by atoms with Crippen molar-refractivity contribution in [3.8, 4) is 11.5 Å². The van der Waals surface area contributed by atoms with Gasteiger partial charge in [0, 0.05) is 19.1 Å². The molecule has 20 heavy (non-hydrogen) atoms. The molecular weight excluding hydrogens is 254 g/mol. The Hall–Kier alpha value is -1.26. The number of hydrogen-bond acceptors (Lipinski definition) is 4. The monoisotopic (exact) mass is 281 g/mol. The highest BCUT2D eigenvalue weighted by molar-refractivity contribution is 5.42. The van der Waals surface area contributed by atoms with Crippen molar-refractivity contribution in [2.45, 2.75) is 46.4 Å². The van der Waals surface area contributed by atoms with Crippen LogP contribution in [0, 0.1) is 0 Å². The van der Waals surface area contributed by atoms with Crippen LogP contribution in [0.2, 0.25) is 0 Å². The van der Waals surface area contributed by atoms with E-state index in [4.69, 9.17) is 9.47 Å². The standard InChI is InChI=1S/C16H27NO3/c1-6-20-16-9-14(7-8-15(16)19-5)11-17(12(2)3)10-13(4)18/h7-9,12-13,18H,6,10-11H2,1-5H3. The Morgan fingerprint density at radius 3 is 2.40 bits per heavy atom. The molecule has 0 fully saturated rings. The zero-order chi connectivity index (χ0) is 15.1. The van der Waals surface area contributed by atoms with Crippen molar-refractivity contribution < 1.29 is 14.6 Å². The Labute approximate surface area is 122 Å². The summed E-state index contributed by atoms with van der Waals surface area (Å²) in [5.74, 6) is 1.52. The van der Waals surface area contributed by atoms with Crippen molar-refractivity contribution in [3.63, 3.8) is 0 Å². The van der Waals surface area contributed by atoms with Gasteiger partial charge < -0.3 is 14.6 Å². The van der Waals surface area contributed by atoms with Gasteiger partial charge in [-0.3, -0.25) is 4.90 Å². The lowest BCUT2D eigenvalue weighted by Gasteiger charge is -2.28. The molecule has 4 heteroatoms. The van der Waals surface area contributed by atoms with Crippen LogP contribution in [-0.2, 0) is 6.54 Å². The van der Waals surface area contributed by atoms with Crippen molar-refractivity contribution >= 4 is 0 Å². The minimum Gasteiger partial charge on any atom is -0.493 e. The van der Waals surface area contributed by atoms with Crippen LogP contribution in [0.4, 0.5) is 0 Å². The number of benzene rings is 1. The molecule has 0 radical (unpaired) electrons. The Balaban J connectivity index is 2.86. The summed E-state index contributed by atoms with van der Waals surface area (Å²) >= 11 is 0. The van der Waals surface area contributed by atoms with Crippen LogP contribution in [0.5, 0.6) is 11.5 Å². The topological polar surface area (TPSA) is 41.9 Å². The summed E-state index contributed by atoms with van der Waals surface area (Å²) in [4.78, 5) is 2.24. The Kier molecular flexibility index (Phi) is 6.82. The second-order valence-electron chi connectivity index (χ2n) is 5.29. The van der Waals surface area contributed by atoms with E-state index >= 15 is 0 Å². The molecule has 0 aromatic heterocycles. The van der Waals surface area contributed by atoms with Gasteiger partial charge in [0.1, 0.15) is 0 Å². The zero-order valence-corrected chi connectivity index (χ0v) is 13.2. The predicted octanol–water partition coefficient (Wildman–Crippen LogP) is 2.69. The Bertz CT molecular complexity index is 405. The number of hydrogen-bond donors (Lipinski definition) is 1. The van der Waals surface area contributed by atoms with Crippen LogP contribution >= 0.6 is 0 Å². The molecule has 1 atom stereocenters. The molecule has 1 N–H and O–H groups in total. The first-order valence-electron chi connectivity index (χ1n) is 7.19. The summed E-state index contributed by atoms with van der Waals surface area (Å²) in [7, 11) is 1.64. The van der Waals surface area contributed by atoms with Gasteiger partial charge in [0.2, 0.25) is 0 Å². The highest BCUT2D eigenvalue weighted by Gasteiger charge is 2.14. The third kappa shape index (κ3) is 5.02. The van der Waals surface area contributed by atoms with Gasteiger partial charge in [0.25, 0.3) is 0 Å². The number of rotatable bonds is 8. The zero-order valence-electron chi connectivity index (χ0n) is 13.2. The first-order valence-corrected chi connectivity index (χ1v) is 7.19. The van der Waals surface area contributed by atoms with Gasteiger partial charge in [-0.25, -0.2) is 0 Å². The maximum Gasteiger partial charge on any atom is 0.161 e. The highest BCUT2D eigenvalue weighted by atomic mass is 16.5. The van der Waals surface area contributed by atoms with Crippen LogP contribution in [0.15, 0.2) is 18.2 Å². The molecule has 1 rings (SSSR count). The van der Waals surface area contributed by atoms with E-state index in [0.717, 1.165) is 23.6 Å². The maximum absolute atomic E-state index is 9.58. The molecule has 4 nitrogen and oxygen atoms in total. The number of nitrogens with zero attached hydrogens (tertiary/aromatic N) is 1. The lowest BCUT2D eigenvalue weighted by Crippen LogP contribution is -2.36. The van der Waals surface area contributed by atoms with Gasteiger partial charge in [-0.15, -0.1) is 0 Å². The first kappa shape index (κ1) is 16.8. The summed E-state index contributed by atoms with van der Waals surface area (Å²) in [6.07, 6.45) is -0.331. The van der Waals surface area contributed by atoms with Crippen molar-refractivity contribution in [1.29, 1.82) is 0 Å². The normalized spacial score (nSPS) is 12.8. The quantitative estimate of drug-likeness (QED) is 0.795. The van der Waals surface area contributed by atoms with E-state index in [1.807, 2.05) is 32.0 Å². The summed E-state index contributed by atoms with van der Waals surface area (Å²) in [6, 6.07) is 6.36. The Morgan fingerprint density at radius 1 is 1.20 bits per heavy atom. The second kappa shape index (κ2) is 8.12. The van der Waals surface area contributed by atoms with Gasteiger partial charge in [-0.1, -0.05) is 6.07 Å². The summed E-state index contributed by atoms with van der Waals surface area (Å²) in [5, 5.41) is 9.58. The largest absolute Gasteiger partial charge is 0.493 e. The molecular formula is C16H27NO3. The van der Waals surface area contributed by atoms with Crippen molar-refractivity contribution in [2.24, 2.45) is 0 Å². The van der Waals surface area contributed by atoms with Gasteiger partial charge in [0.15, 0.2) is 11.5 Å². The van der Waals surface area contributed by atoms with Crippen LogP contribution in [-0.4, -0.2) is 42.4 Å². The van der Waals surface area contributed by atoms with E-state index < -0.39 is 0 Å². The average Bonchev–Trinajstić information content (AvgIpc) is 2.38. The van der Waals surface area contributed by atoms with Crippen LogP contribution in [0.3, 0.4) is 0 Å². The van der Waals surface area contributed by atoms with Gasteiger partial charge in [0.05, 0.1) is 19.8 Å². The lowest BCUT2D eigenvalue weighted by atomic mass is 10.1. The van der Waals surface area contributed by atoms with Crippen molar-refractivity contribution in [1.82, 2.24) is 4.90 Å². The van der Waals surface area contributed by atoms with E-state index in [-0.39, 0.29) is 6.10 Å². The minimum absolute atomic E-state index is 0.331. The van der Waals surface area contributed by atoms with Gasteiger partial charge in [-0.2, -0.15) is 0 Å². The van der Waals surface area contributed by atoms with Crippen molar-refractivity contribution in [2.75, 3.05) is 20.3 Å². The third-order valence-electron chi connectivity index (χ3n) is 3.14. The predicted molar refractivity (Wildman–Crippen MR) is 81.4 cm³/mol. The molecule has 0 aliphatic heterocycles.